The molecule has 10 heteroatoms. The van der Waals surface area contributed by atoms with E-state index in [0.29, 0.717) is 33.3 Å². The van der Waals surface area contributed by atoms with E-state index in [2.05, 4.69) is 5.32 Å². The molecule has 0 aliphatic carbocycles. The van der Waals surface area contributed by atoms with Crippen molar-refractivity contribution < 1.29 is 18.0 Å². The van der Waals surface area contributed by atoms with Crippen LogP contribution in [0.3, 0.4) is 0 Å². The van der Waals surface area contributed by atoms with Crippen LogP contribution in [0.5, 0.6) is 0 Å². The summed E-state index contributed by atoms with van der Waals surface area (Å²) in [6.45, 7) is 8.55. The smallest absolute Gasteiger partial charge is 0.264 e. The highest BCUT2D eigenvalue weighted by atomic mass is 35.5. The number of anilines is 1. The van der Waals surface area contributed by atoms with Gasteiger partial charge < -0.3 is 10.2 Å². The number of hydrogen-bond acceptors (Lipinski definition) is 4. The Hall–Kier alpha value is -3.07. The van der Waals surface area contributed by atoms with Gasteiger partial charge in [0.1, 0.15) is 12.6 Å². The van der Waals surface area contributed by atoms with Crippen molar-refractivity contribution in [3.8, 4) is 0 Å². The van der Waals surface area contributed by atoms with Gasteiger partial charge in [0, 0.05) is 22.6 Å². The van der Waals surface area contributed by atoms with E-state index in [9.17, 15) is 18.0 Å². The Labute approximate surface area is 247 Å². The molecule has 214 valence electrons. The predicted molar refractivity (Wildman–Crippen MR) is 161 cm³/mol. The van der Waals surface area contributed by atoms with E-state index in [-0.39, 0.29) is 23.4 Å². The first-order chi connectivity index (χ1) is 18.8. The molecule has 2 amide bonds. The molecule has 0 aromatic heterocycles. The van der Waals surface area contributed by atoms with Gasteiger partial charge in [0.2, 0.25) is 11.8 Å². The molecular weight excluding hydrogens is 569 g/mol. The van der Waals surface area contributed by atoms with Crippen molar-refractivity contribution in [2.24, 2.45) is 0 Å². The van der Waals surface area contributed by atoms with Gasteiger partial charge in [0.25, 0.3) is 10.0 Å². The molecule has 0 bridgehead atoms. The fourth-order valence-electron chi connectivity index (χ4n) is 4.10. The van der Waals surface area contributed by atoms with Crippen LogP contribution in [0.2, 0.25) is 10.0 Å². The minimum absolute atomic E-state index is 0.0179. The first kappa shape index (κ1) is 31.5. The molecule has 0 spiro atoms. The number of benzene rings is 3. The van der Waals surface area contributed by atoms with Gasteiger partial charge in [0.05, 0.1) is 10.6 Å². The number of carbonyl (C=O) groups is 2. The molecular formula is C30H35Cl2N3O4S. The fourth-order valence-corrected chi connectivity index (χ4v) is 6.06. The highest BCUT2D eigenvalue weighted by Crippen LogP contribution is 2.29. The molecule has 3 aromatic carbocycles. The van der Waals surface area contributed by atoms with Gasteiger partial charge in [-0.25, -0.2) is 8.42 Å². The van der Waals surface area contributed by atoms with Crippen molar-refractivity contribution in [3.63, 3.8) is 0 Å². The summed E-state index contributed by atoms with van der Waals surface area (Å²) in [7, 11) is -4.14. The minimum Gasteiger partial charge on any atom is -0.352 e. The summed E-state index contributed by atoms with van der Waals surface area (Å²) in [6.07, 6.45) is 0.713. The lowest BCUT2D eigenvalue weighted by Crippen LogP contribution is -2.52. The summed E-state index contributed by atoms with van der Waals surface area (Å²) in [5.41, 5.74) is 2.49. The number of carbonyl (C=O) groups excluding carboxylic acids is 2. The maximum atomic E-state index is 14.1. The summed E-state index contributed by atoms with van der Waals surface area (Å²) in [5, 5.41) is 3.68. The molecule has 2 unspecified atom stereocenters. The SMILES string of the molecule is CCC(C)NC(=O)C(C)N(Cc1ccc(Cl)cc1Cl)C(=O)CN(c1cc(C)ccc1C)S(=O)(=O)c1ccccc1. The van der Waals surface area contributed by atoms with Gasteiger partial charge in [-0.2, -0.15) is 0 Å². The van der Waals surface area contributed by atoms with Crippen LogP contribution >= 0.6 is 23.2 Å². The average Bonchev–Trinajstić information content (AvgIpc) is 2.92. The molecule has 3 rings (SSSR count). The van der Waals surface area contributed by atoms with E-state index in [4.69, 9.17) is 23.2 Å². The lowest BCUT2D eigenvalue weighted by Gasteiger charge is -2.33. The molecule has 0 radical (unpaired) electrons. The van der Waals surface area contributed by atoms with Crippen LogP contribution in [0.1, 0.15) is 43.9 Å². The van der Waals surface area contributed by atoms with Crippen LogP contribution in [0, 0.1) is 13.8 Å². The monoisotopic (exact) mass is 603 g/mol. The number of nitrogens with zero attached hydrogens (tertiary/aromatic N) is 2. The third-order valence-electron chi connectivity index (χ3n) is 6.77. The van der Waals surface area contributed by atoms with E-state index >= 15 is 0 Å². The fraction of sp³-hybridized carbons (Fsp3) is 0.333. The molecule has 0 aliphatic rings. The summed E-state index contributed by atoms with van der Waals surface area (Å²) < 4.78 is 29.0. The van der Waals surface area contributed by atoms with Crippen LogP contribution in [0.4, 0.5) is 5.69 Å². The Morgan fingerprint density at radius 2 is 1.62 bits per heavy atom. The summed E-state index contributed by atoms with van der Waals surface area (Å²) in [5.74, 6) is -0.907. The van der Waals surface area contributed by atoms with Crippen molar-refractivity contribution in [1.29, 1.82) is 0 Å². The first-order valence-corrected chi connectivity index (χ1v) is 15.2. The summed E-state index contributed by atoms with van der Waals surface area (Å²) in [6, 6.07) is 17.3. The Bertz CT molecular complexity index is 1470. The Kier molecular flexibility index (Phi) is 10.6. The van der Waals surface area contributed by atoms with Crippen molar-refractivity contribution in [2.45, 2.75) is 64.6 Å². The topological polar surface area (TPSA) is 86.8 Å². The number of hydrogen-bond donors (Lipinski definition) is 1. The minimum atomic E-state index is -4.14. The van der Waals surface area contributed by atoms with Crippen molar-refractivity contribution in [3.05, 3.63) is 93.5 Å². The summed E-state index contributed by atoms with van der Waals surface area (Å²) in [4.78, 5) is 28.6. The molecule has 40 heavy (non-hydrogen) atoms. The Morgan fingerprint density at radius 1 is 0.950 bits per heavy atom. The first-order valence-electron chi connectivity index (χ1n) is 13.0. The number of rotatable bonds is 11. The molecule has 0 aliphatic heterocycles. The van der Waals surface area contributed by atoms with Gasteiger partial charge in [-0.1, -0.05) is 66.5 Å². The van der Waals surface area contributed by atoms with Crippen LogP contribution in [-0.2, 0) is 26.2 Å². The zero-order valence-electron chi connectivity index (χ0n) is 23.3. The third-order valence-corrected chi connectivity index (χ3v) is 9.13. The predicted octanol–water partition coefficient (Wildman–Crippen LogP) is 6.14. The van der Waals surface area contributed by atoms with Crippen molar-refractivity contribution in [2.75, 3.05) is 10.8 Å². The van der Waals surface area contributed by atoms with E-state index < -0.39 is 28.5 Å². The van der Waals surface area contributed by atoms with Crippen molar-refractivity contribution >= 4 is 50.7 Å². The highest BCUT2D eigenvalue weighted by molar-refractivity contribution is 7.92. The molecule has 0 heterocycles. The molecule has 3 aromatic rings. The van der Waals surface area contributed by atoms with Crippen LogP contribution in [-0.4, -0.2) is 43.8 Å². The third kappa shape index (κ3) is 7.56. The second-order valence-corrected chi connectivity index (χ2v) is 12.6. The van der Waals surface area contributed by atoms with Crippen LogP contribution in [0.25, 0.3) is 0 Å². The number of amides is 2. The van der Waals surface area contributed by atoms with Gasteiger partial charge >= 0.3 is 0 Å². The second kappa shape index (κ2) is 13.5. The van der Waals surface area contributed by atoms with E-state index in [1.165, 1.54) is 17.0 Å². The number of halogens is 2. The van der Waals surface area contributed by atoms with E-state index in [0.717, 1.165) is 9.87 Å². The maximum Gasteiger partial charge on any atom is 0.264 e. The van der Waals surface area contributed by atoms with Gasteiger partial charge in [-0.15, -0.1) is 0 Å². The summed E-state index contributed by atoms with van der Waals surface area (Å²) >= 11 is 12.5. The zero-order valence-corrected chi connectivity index (χ0v) is 25.6. The molecule has 0 fully saturated rings. The van der Waals surface area contributed by atoms with Crippen LogP contribution < -0.4 is 9.62 Å². The number of sulfonamides is 1. The number of aryl methyl sites for hydroxylation is 2. The maximum absolute atomic E-state index is 14.1. The molecule has 7 nitrogen and oxygen atoms in total. The normalized spacial score (nSPS) is 12.9. The quantitative estimate of drug-likeness (QED) is 0.285. The zero-order chi connectivity index (χ0) is 29.6. The van der Waals surface area contributed by atoms with E-state index in [1.807, 2.05) is 32.9 Å². The van der Waals surface area contributed by atoms with Crippen molar-refractivity contribution in [1.82, 2.24) is 10.2 Å². The van der Waals surface area contributed by atoms with Gasteiger partial charge in [-0.05, 0) is 81.1 Å². The molecule has 0 saturated carbocycles. The molecule has 0 saturated heterocycles. The molecule has 1 N–H and O–H groups in total. The molecule has 2 atom stereocenters. The lowest BCUT2D eigenvalue weighted by atomic mass is 10.1. The van der Waals surface area contributed by atoms with E-state index in [1.54, 1.807) is 56.3 Å². The van der Waals surface area contributed by atoms with Gasteiger partial charge in [-0.3, -0.25) is 13.9 Å². The van der Waals surface area contributed by atoms with Gasteiger partial charge in [0.15, 0.2) is 0 Å². The highest BCUT2D eigenvalue weighted by Gasteiger charge is 2.33. The Morgan fingerprint density at radius 3 is 2.25 bits per heavy atom. The average molecular weight is 605 g/mol. The van der Waals surface area contributed by atoms with Crippen LogP contribution in [0.15, 0.2) is 71.6 Å². The number of nitrogens with one attached hydrogen (secondary N) is 1. The Balaban J connectivity index is 2.08. The second-order valence-electron chi connectivity index (χ2n) is 9.87. The largest absolute Gasteiger partial charge is 0.352 e. The standard InChI is InChI=1S/C30H35Cl2N3O4S/c1-6-22(4)33-30(37)23(5)34(18-24-14-15-25(31)17-27(24)32)29(36)19-35(28-16-20(2)12-13-21(28)3)40(38,39)26-10-8-7-9-11-26/h7-17,22-23H,6,18-19H2,1-5H3,(H,33,37). The lowest BCUT2D eigenvalue weighted by molar-refractivity contribution is -0.139.